The van der Waals surface area contributed by atoms with Gasteiger partial charge in [0.25, 0.3) is 0 Å². The molecule has 13 heavy (non-hydrogen) atoms. The molecule has 0 saturated carbocycles. The van der Waals surface area contributed by atoms with E-state index >= 15 is 0 Å². The Labute approximate surface area is 89.5 Å². The largest absolute Gasteiger partial charge is 0.369 e. The summed E-state index contributed by atoms with van der Waals surface area (Å²) >= 11 is 5.08. The van der Waals surface area contributed by atoms with E-state index in [1.54, 1.807) is 11.3 Å². The van der Waals surface area contributed by atoms with Crippen molar-refractivity contribution in [1.29, 1.82) is 0 Å². The lowest BCUT2D eigenvalue weighted by Crippen LogP contribution is -2.30. The maximum Gasteiger partial charge on any atom is 0.231 e. The molecule has 0 aliphatic carbocycles. The van der Waals surface area contributed by atoms with Crippen LogP contribution in [0.2, 0.25) is 0 Å². The maximum absolute atomic E-state index is 10.5. The highest BCUT2D eigenvalue weighted by Crippen LogP contribution is 2.28. The van der Waals surface area contributed by atoms with Crippen LogP contribution < -0.4 is 11.1 Å². The second-order valence-electron chi connectivity index (χ2n) is 2.70. The van der Waals surface area contributed by atoms with Crippen LogP contribution >= 0.6 is 27.3 Å². The molecule has 1 amide bonds. The molecule has 0 spiro atoms. The standard InChI is InChI=1S/C8H11BrN2OS/c1-5(11-4-7(10)12)8-6(9)2-3-13-8/h2-3,5,11H,4H2,1H3,(H2,10,12). The maximum atomic E-state index is 10.5. The Morgan fingerprint density at radius 2 is 2.54 bits per heavy atom. The second-order valence-corrected chi connectivity index (χ2v) is 4.50. The van der Waals surface area contributed by atoms with Gasteiger partial charge in [-0.3, -0.25) is 4.79 Å². The van der Waals surface area contributed by atoms with Crippen LogP contribution in [0.3, 0.4) is 0 Å². The number of halogens is 1. The first kappa shape index (κ1) is 10.7. The number of nitrogens with two attached hydrogens (primary N) is 1. The molecule has 1 atom stereocenters. The molecule has 0 fully saturated rings. The van der Waals surface area contributed by atoms with Crippen LogP contribution in [-0.2, 0) is 4.79 Å². The molecule has 1 aromatic heterocycles. The summed E-state index contributed by atoms with van der Waals surface area (Å²) in [5.41, 5.74) is 5.02. The number of hydrogen-bond acceptors (Lipinski definition) is 3. The molecular weight excluding hydrogens is 252 g/mol. The molecule has 0 radical (unpaired) electrons. The molecule has 0 bridgehead atoms. The fraction of sp³-hybridized carbons (Fsp3) is 0.375. The molecule has 0 aliphatic heterocycles. The molecule has 1 aromatic rings. The lowest BCUT2D eigenvalue weighted by molar-refractivity contribution is -0.117. The van der Waals surface area contributed by atoms with Gasteiger partial charge in [0.05, 0.1) is 6.54 Å². The van der Waals surface area contributed by atoms with Crippen molar-refractivity contribution in [2.45, 2.75) is 13.0 Å². The van der Waals surface area contributed by atoms with E-state index < -0.39 is 0 Å². The van der Waals surface area contributed by atoms with E-state index in [2.05, 4.69) is 21.2 Å². The van der Waals surface area contributed by atoms with E-state index in [4.69, 9.17) is 5.73 Å². The molecule has 0 aromatic carbocycles. The number of thiophene rings is 1. The zero-order valence-corrected chi connectivity index (χ0v) is 9.61. The Balaban J connectivity index is 2.53. The zero-order valence-electron chi connectivity index (χ0n) is 7.21. The van der Waals surface area contributed by atoms with Crippen molar-refractivity contribution in [3.8, 4) is 0 Å². The average Bonchev–Trinajstić information content (AvgIpc) is 2.47. The molecule has 0 saturated heterocycles. The fourth-order valence-corrected chi connectivity index (χ4v) is 2.71. The predicted octanol–water partition coefficient (Wildman–Crippen LogP) is 1.65. The molecule has 72 valence electrons. The van der Waals surface area contributed by atoms with Gasteiger partial charge in [0.1, 0.15) is 0 Å². The molecule has 5 heteroatoms. The number of nitrogens with one attached hydrogen (secondary N) is 1. The SMILES string of the molecule is CC(NCC(N)=O)c1sccc1Br. The topological polar surface area (TPSA) is 55.1 Å². The molecule has 0 aliphatic rings. The Bertz CT molecular complexity index is 300. The van der Waals surface area contributed by atoms with E-state index in [0.717, 1.165) is 4.47 Å². The van der Waals surface area contributed by atoms with Crippen LogP contribution in [0.5, 0.6) is 0 Å². The minimum Gasteiger partial charge on any atom is -0.369 e. The highest BCUT2D eigenvalue weighted by atomic mass is 79.9. The van der Waals surface area contributed by atoms with Gasteiger partial charge < -0.3 is 11.1 Å². The predicted molar refractivity (Wildman–Crippen MR) is 57.6 cm³/mol. The lowest BCUT2D eigenvalue weighted by atomic mass is 10.3. The molecule has 1 rings (SSSR count). The van der Waals surface area contributed by atoms with Gasteiger partial charge in [-0.25, -0.2) is 0 Å². The van der Waals surface area contributed by atoms with Gasteiger partial charge in [-0.05, 0) is 34.3 Å². The number of amides is 1. The summed E-state index contributed by atoms with van der Waals surface area (Å²) < 4.78 is 1.07. The summed E-state index contributed by atoms with van der Waals surface area (Å²) in [6, 6.07) is 2.14. The van der Waals surface area contributed by atoms with Crippen LogP contribution in [0, 0.1) is 0 Å². The third-order valence-electron chi connectivity index (χ3n) is 1.62. The van der Waals surface area contributed by atoms with E-state index in [1.807, 2.05) is 18.4 Å². The summed E-state index contributed by atoms with van der Waals surface area (Å²) in [6.07, 6.45) is 0. The Kier molecular flexibility index (Phi) is 3.90. The zero-order chi connectivity index (χ0) is 9.84. The van der Waals surface area contributed by atoms with Gasteiger partial charge in [-0.2, -0.15) is 0 Å². The highest BCUT2D eigenvalue weighted by Gasteiger charge is 2.10. The van der Waals surface area contributed by atoms with Crippen LogP contribution in [0.15, 0.2) is 15.9 Å². The number of primary amides is 1. The quantitative estimate of drug-likeness (QED) is 0.867. The minimum atomic E-state index is -0.334. The van der Waals surface area contributed by atoms with Crippen molar-refractivity contribution < 1.29 is 4.79 Å². The third-order valence-corrected chi connectivity index (χ3v) is 3.67. The van der Waals surface area contributed by atoms with Gasteiger partial charge in [0.2, 0.25) is 5.91 Å². The van der Waals surface area contributed by atoms with Crippen molar-refractivity contribution in [3.05, 3.63) is 20.8 Å². The number of hydrogen-bond donors (Lipinski definition) is 2. The smallest absolute Gasteiger partial charge is 0.231 e. The van der Waals surface area contributed by atoms with E-state index in [1.165, 1.54) is 4.88 Å². The van der Waals surface area contributed by atoms with Gasteiger partial charge in [0, 0.05) is 15.4 Å². The fourth-order valence-electron chi connectivity index (χ4n) is 0.961. The van der Waals surface area contributed by atoms with Gasteiger partial charge in [-0.1, -0.05) is 0 Å². The number of rotatable bonds is 4. The minimum absolute atomic E-state index is 0.155. The normalized spacial score (nSPS) is 12.8. The summed E-state index contributed by atoms with van der Waals surface area (Å²) in [5, 5.41) is 5.03. The van der Waals surface area contributed by atoms with Crippen molar-refractivity contribution in [1.82, 2.24) is 5.32 Å². The van der Waals surface area contributed by atoms with E-state index in [-0.39, 0.29) is 18.5 Å². The first-order chi connectivity index (χ1) is 6.11. The summed E-state index contributed by atoms with van der Waals surface area (Å²) in [4.78, 5) is 11.7. The molecule has 1 unspecified atom stereocenters. The summed E-state index contributed by atoms with van der Waals surface area (Å²) in [6.45, 7) is 2.21. The number of carbonyl (C=O) groups excluding carboxylic acids is 1. The van der Waals surface area contributed by atoms with Crippen molar-refractivity contribution in [2.75, 3.05) is 6.54 Å². The number of carbonyl (C=O) groups is 1. The van der Waals surface area contributed by atoms with E-state index in [0.29, 0.717) is 0 Å². The third kappa shape index (κ3) is 3.10. The van der Waals surface area contributed by atoms with Crippen LogP contribution in [0.4, 0.5) is 0 Å². The molecular formula is C8H11BrN2OS. The second kappa shape index (κ2) is 4.74. The summed E-state index contributed by atoms with van der Waals surface area (Å²) in [5.74, 6) is -0.334. The molecule has 3 N–H and O–H groups in total. The van der Waals surface area contributed by atoms with Crippen molar-refractivity contribution >= 4 is 33.2 Å². The Hall–Kier alpha value is -0.390. The van der Waals surface area contributed by atoms with Gasteiger partial charge in [0.15, 0.2) is 0 Å². The van der Waals surface area contributed by atoms with E-state index in [9.17, 15) is 4.79 Å². The Morgan fingerprint density at radius 1 is 1.85 bits per heavy atom. The molecule has 1 heterocycles. The van der Waals surface area contributed by atoms with Crippen LogP contribution in [0.1, 0.15) is 17.8 Å². The van der Waals surface area contributed by atoms with Gasteiger partial charge in [-0.15, -0.1) is 11.3 Å². The summed E-state index contributed by atoms with van der Waals surface area (Å²) in [7, 11) is 0. The van der Waals surface area contributed by atoms with Gasteiger partial charge >= 0.3 is 0 Å². The van der Waals surface area contributed by atoms with Crippen LogP contribution in [0.25, 0.3) is 0 Å². The average molecular weight is 263 g/mol. The highest BCUT2D eigenvalue weighted by molar-refractivity contribution is 9.10. The van der Waals surface area contributed by atoms with Crippen molar-refractivity contribution in [3.63, 3.8) is 0 Å². The van der Waals surface area contributed by atoms with Crippen LogP contribution in [-0.4, -0.2) is 12.5 Å². The molecule has 3 nitrogen and oxygen atoms in total. The first-order valence-corrected chi connectivity index (χ1v) is 5.53. The van der Waals surface area contributed by atoms with Crippen molar-refractivity contribution in [2.24, 2.45) is 5.73 Å². The Morgan fingerprint density at radius 3 is 3.00 bits per heavy atom. The first-order valence-electron chi connectivity index (χ1n) is 3.86. The monoisotopic (exact) mass is 262 g/mol. The lowest BCUT2D eigenvalue weighted by Gasteiger charge is -2.10.